The van der Waals surface area contributed by atoms with Crippen molar-refractivity contribution in [2.45, 2.75) is 82.4 Å². The minimum atomic E-state index is -3.85. The Labute approximate surface area is 197 Å². The van der Waals surface area contributed by atoms with Crippen LogP contribution in [-0.2, 0) is 24.3 Å². The summed E-state index contributed by atoms with van der Waals surface area (Å²) < 4.78 is 33.5. The topological polar surface area (TPSA) is 105 Å². The van der Waals surface area contributed by atoms with Gasteiger partial charge >= 0.3 is 0 Å². The summed E-state index contributed by atoms with van der Waals surface area (Å²) in [5.74, 6) is -0.739. The van der Waals surface area contributed by atoms with Gasteiger partial charge in [0.2, 0.25) is 21.8 Å². The van der Waals surface area contributed by atoms with Gasteiger partial charge in [-0.05, 0) is 50.7 Å². The molecule has 1 saturated heterocycles. The Morgan fingerprint density at radius 3 is 2.33 bits per heavy atom. The van der Waals surface area contributed by atoms with Crippen molar-refractivity contribution in [2.24, 2.45) is 5.92 Å². The van der Waals surface area contributed by atoms with Crippen LogP contribution in [0.25, 0.3) is 0 Å². The van der Waals surface area contributed by atoms with Crippen LogP contribution < -0.4 is 10.0 Å². The number of carbonyl (C=O) groups is 2. The molecule has 1 aliphatic carbocycles. The van der Waals surface area contributed by atoms with Crippen LogP contribution in [0.1, 0.15) is 57.9 Å². The van der Waals surface area contributed by atoms with Crippen molar-refractivity contribution < 1.29 is 22.7 Å². The average Bonchev–Trinajstić information content (AvgIpc) is 3.46. The maximum atomic E-state index is 13.3. The third kappa shape index (κ3) is 7.01. The molecule has 0 bridgehead atoms. The zero-order valence-electron chi connectivity index (χ0n) is 19.9. The standard InChI is InChI=1S/C24H37N3O5S/c1-17(2)23(24(29)26-19-7-4-5-8-19)27(16-20-9-6-14-32-20)22(28)15-25-33(30,31)21-12-10-18(3)11-13-21/h10-13,17,19-20,23,25H,4-9,14-16H2,1-3H3,(H,26,29)/t20-,23-/m0/s1. The van der Waals surface area contributed by atoms with E-state index in [0.717, 1.165) is 44.1 Å². The highest BCUT2D eigenvalue weighted by atomic mass is 32.2. The third-order valence-corrected chi connectivity index (χ3v) is 7.84. The van der Waals surface area contributed by atoms with E-state index < -0.39 is 28.5 Å². The number of nitrogens with one attached hydrogen (secondary N) is 2. The van der Waals surface area contributed by atoms with Crippen LogP contribution in [-0.4, -0.2) is 63.0 Å². The molecule has 0 unspecified atom stereocenters. The summed E-state index contributed by atoms with van der Waals surface area (Å²) in [6, 6.07) is 5.89. The Morgan fingerprint density at radius 2 is 1.76 bits per heavy atom. The third-order valence-electron chi connectivity index (χ3n) is 6.43. The highest BCUT2D eigenvalue weighted by Crippen LogP contribution is 2.21. The molecule has 33 heavy (non-hydrogen) atoms. The molecule has 1 heterocycles. The predicted molar refractivity (Wildman–Crippen MR) is 126 cm³/mol. The molecule has 3 rings (SSSR count). The van der Waals surface area contributed by atoms with Gasteiger partial charge in [0, 0.05) is 19.2 Å². The molecule has 1 aromatic rings. The molecule has 0 spiro atoms. The van der Waals surface area contributed by atoms with E-state index in [-0.39, 0.29) is 35.4 Å². The maximum Gasteiger partial charge on any atom is 0.243 e. The van der Waals surface area contributed by atoms with Crippen molar-refractivity contribution >= 4 is 21.8 Å². The number of hydrogen-bond donors (Lipinski definition) is 2. The number of carbonyl (C=O) groups excluding carboxylic acids is 2. The zero-order valence-corrected chi connectivity index (χ0v) is 20.7. The lowest BCUT2D eigenvalue weighted by atomic mass is 9.99. The molecule has 0 radical (unpaired) electrons. The molecule has 2 amide bonds. The molecule has 184 valence electrons. The van der Waals surface area contributed by atoms with E-state index in [9.17, 15) is 18.0 Å². The number of amides is 2. The van der Waals surface area contributed by atoms with Gasteiger partial charge < -0.3 is 15.0 Å². The van der Waals surface area contributed by atoms with E-state index in [0.29, 0.717) is 6.61 Å². The van der Waals surface area contributed by atoms with Gasteiger partial charge in [-0.1, -0.05) is 44.4 Å². The average molecular weight is 480 g/mol. The SMILES string of the molecule is Cc1ccc(S(=O)(=O)NCC(=O)N(C[C@@H]2CCCO2)[C@H](C(=O)NC2CCCC2)C(C)C)cc1. The lowest BCUT2D eigenvalue weighted by Crippen LogP contribution is -2.57. The van der Waals surface area contributed by atoms with Gasteiger partial charge in [-0.3, -0.25) is 9.59 Å². The summed E-state index contributed by atoms with van der Waals surface area (Å²) in [5.41, 5.74) is 0.945. The molecule has 2 fully saturated rings. The van der Waals surface area contributed by atoms with Crippen molar-refractivity contribution in [2.75, 3.05) is 19.7 Å². The highest BCUT2D eigenvalue weighted by Gasteiger charge is 2.36. The van der Waals surface area contributed by atoms with Crippen LogP contribution in [0.15, 0.2) is 29.2 Å². The molecule has 1 aromatic carbocycles. The molecule has 2 atom stereocenters. The summed E-state index contributed by atoms with van der Waals surface area (Å²) in [6.07, 6.45) is 5.66. The van der Waals surface area contributed by atoms with Crippen molar-refractivity contribution in [1.82, 2.24) is 14.9 Å². The fourth-order valence-electron chi connectivity index (χ4n) is 4.60. The number of benzene rings is 1. The van der Waals surface area contributed by atoms with Gasteiger partial charge in [-0.25, -0.2) is 13.1 Å². The number of rotatable bonds is 10. The first-order chi connectivity index (χ1) is 15.7. The van der Waals surface area contributed by atoms with Crippen molar-refractivity contribution in [3.05, 3.63) is 29.8 Å². The van der Waals surface area contributed by atoms with E-state index in [1.165, 1.54) is 17.0 Å². The first-order valence-electron chi connectivity index (χ1n) is 11.9. The van der Waals surface area contributed by atoms with Gasteiger partial charge in [0.25, 0.3) is 0 Å². The molecule has 0 aromatic heterocycles. The second-order valence-electron chi connectivity index (χ2n) is 9.50. The van der Waals surface area contributed by atoms with Crippen molar-refractivity contribution in [1.29, 1.82) is 0 Å². The fourth-order valence-corrected chi connectivity index (χ4v) is 5.57. The molecule has 2 N–H and O–H groups in total. The fraction of sp³-hybridized carbons (Fsp3) is 0.667. The summed E-state index contributed by atoms with van der Waals surface area (Å²) in [4.78, 5) is 28.2. The maximum absolute atomic E-state index is 13.3. The Hall–Kier alpha value is -1.97. The zero-order chi connectivity index (χ0) is 24.0. The smallest absolute Gasteiger partial charge is 0.243 e. The number of aryl methyl sites for hydroxylation is 1. The Morgan fingerprint density at radius 1 is 1.09 bits per heavy atom. The summed E-state index contributed by atoms with van der Waals surface area (Å²) in [5, 5.41) is 3.11. The van der Waals surface area contributed by atoms with Gasteiger partial charge in [0.05, 0.1) is 17.5 Å². The minimum absolute atomic E-state index is 0.103. The molecule has 1 saturated carbocycles. The first kappa shape index (κ1) is 25.6. The molecule has 2 aliphatic rings. The molecule has 1 aliphatic heterocycles. The van der Waals surface area contributed by atoms with Gasteiger partial charge in [0.15, 0.2) is 0 Å². The summed E-state index contributed by atoms with van der Waals surface area (Å²) >= 11 is 0. The number of hydrogen-bond acceptors (Lipinski definition) is 5. The molecular weight excluding hydrogens is 442 g/mol. The first-order valence-corrected chi connectivity index (χ1v) is 13.4. The van der Waals surface area contributed by atoms with Crippen molar-refractivity contribution in [3.8, 4) is 0 Å². The van der Waals surface area contributed by atoms with E-state index in [1.54, 1.807) is 12.1 Å². The van der Waals surface area contributed by atoms with Crippen LogP contribution in [0.4, 0.5) is 0 Å². The lowest BCUT2D eigenvalue weighted by Gasteiger charge is -2.35. The van der Waals surface area contributed by atoms with Crippen LogP contribution in [0.2, 0.25) is 0 Å². The normalized spacial score (nSPS) is 20.2. The Balaban J connectivity index is 1.74. The Kier molecular flexibility index (Phi) is 8.89. The van der Waals surface area contributed by atoms with E-state index in [4.69, 9.17) is 4.74 Å². The molecule has 8 nitrogen and oxygen atoms in total. The monoisotopic (exact) mass is 479 g/mol. The summed E-state index contributed by atoms with van der Waals surface area (Å²) in [7, 11) is -3.85. The minimum Gasteiger partial charge on any atom is -0.376 e. The Bertz CT molecular complexity index is 905. The van der Waals surface area contributed by atoms with Crippen LogP contribution in [0.5, 0.6) is 0 Å². The van der Waals surface area contributed by atoms with Crippen molar-refractivity contribution in [3.63, 3.8) is 0 Å². The van der Waals surface area contributed by atoms with Crippen LogP contribution in [0.3, 0.4) is 0 Å². The quantitative estimate of drug-likeness (QED) is 0.536. The second-order valence-corrected chi connectivity index (χ2v) is 11.3. The number of sulfonamides is 1. The molecular formula is C24H37N3O5S. The largest absolute Gasteiger partial charge is 0.376 e. The second kappa shape index (κ2) is 11.4. The van der Waals surface area contributed by atoms with Crippen LogP contribution >= 0.6 is 0 Å². The van der Waals surface area contributed by atoms with Gasteiger partial charge in [0.1, 0.15) is 6.04 Å². The van der Waals surface area contributed by atoms with Crippen LogP contribution in [0, 0.1) is 12.8 Å². The van der Waals surface area contributed by atoms with Gasteiger partial charge in [-0.15, -0.1) is 0 Å². The lowest BCUT2D eigenvalue weighted by molar-refractivity contribution is -0.143. The predicted octanol–water partition coefficient (Wildman–Crippen LogP) is 2.36. The molecule has 9 heteroatoms. The number of nitrogens with zero attached hydrogens (tertiary/aromatic N) is 1. The number of ether oxygens (including phenoxy) is 1. The van der Waals surface area contributed by atoms with E-state index in [1.807, 2.05) is 20.8 Å². The van der Waals surface area contributed by atoms with E-state index >= 15 is 0 Å². The summed E-state index contributed by atoms with van der Waals surface area (Å²) in [6.45, 7) is 6.18. The van der Waals surface area contributed by atoms with Gasteiger partial charge in [-0.2, -0.15) is 0 Å². The van der Waals surface area contributed by atoms with E-state index in [2.05, 4.69) is 10.0 Å². The highest BCUT2D eigenvalue weighted by molar-refractivity contribution is 7.89.